The molecule has 3 aromatic rings. The lowest BCUT2D eigenvalue weighted by Gasteiger charge is -2.24. The Morgan fingerprint density at radius 3 is 2.80 bits per heavy atom. The minimum absolute atomic E-state index is 0.581. The predicted molar refractivity (Wildman–Crippen MR) is 103 cm³/mol. The fraction of sp³-hybridized carbons (Fsp3) is 0.318. The molecule has 1 fully saturated rings. The van der Waals surface area contributed by atoms with E-state index in [0.29, 0.717) is 12.0 Å². The van der Waals surface area contributed by atoms with Crippen molar-refractivity contribution in [2.75, 3.05) is 7.05 Å². The highest BCUT2D eigenvalue weighted by molar-refractivity contribution is 5.87. The largest absolute Gasteiger partial charge is 0.361 e. The number of aromatic nitrogens is 1. The first-order valence-electron chi connectivity index (χ1n) is 8.97. The van der Waals surface area contributed by atoms with E-state index in [1.165, 1.54) is 35.8 Å². The van der Waals surface area contributed by atoms with Crippen LogP contribution in [0.15, 0.2) is 54.7 Å². The highest BCUT2D eigenvalue weighted by atomic mass is 15.1. The van der Waals surface area contributed by atoms with E-state index in [1.807, 2.05) is 18.2 Å². The van der Waals surface area contributed by atoms with Gasteiger partial charge in [0.25, 0.3) is 0 Å². The first-order valence-corrected chi connectivity index (χ1v) is 8.97. The molecule has 126 valence electrons. The monoisotopic (exact) mass is 329 g/mol. The number of rotatable bonds is 4. The van der Waals surface area contributed by atoms with Crippen LogP contribution in [-0.4, -0.2) is 23.0 Å². The maximum absolute atomic E-state index is 7.26. The predicted octanol–water partition coefficient (Wildman–Crippen LogP) is 5.49. The lowest BCUT2D eigenvalue weighted by Crippen LogP contribution is -2.28. The van der Waals surface area contributed by atoms with Gasteiger partial charge in [-0.05, 0) is 60.9 Å². The van der Waals surface area contributed by atoms with Gasteiger partial charge in [-0.2, -0.15) is 0 Å². The van der Waals surface area contributed by atoms with Crippen molar-refractivity contribution in [3.8, 4) is 0 Å². The van der Waals surface area contributed by atoms with Crippen molar-refractivity contribution >= 4 is 16.6 Å². The number of nitrogens with zero attached hydrogens (tertiary/aromatic N) is 2. The molecule has 1 aliphatic rings. The van der Waals surface area contributed by atoms with Crippen LogP contribution in [0.4, 0.5) is 5.69 Å². The van der Waals surface area contributed by atoms with Crippen molar-refractivity contribution in [1.29, 1.82) is 0 Å². The van der Waals surface area contributed by atoms with Gasteiger partial charge >= 0.3 is 0 Å². The zero-order chi connectivity index (χ0) is 17.2. The molecule has 0 amide bonds. The quantitative estimate of drug-likeness (QED) is 0.629. The lowest BCUT2D eigenvalue weighted by atomic mass is 9.96. The van der Waals surface area contributed by atoms with Crippen LogP contribution in [0.1, 0.15) is 36.3 Å². The Morgan fingerprint density at radius 1 is 1.16 bits per heavy atom. The molecule has 0 saturated heterocycles. The highest BCUT2D eigenvalue weighted by Gasteiger charge is 2.29. The van der Waals surface area contributed by atoms with Gasteiger partial charge in [0.2, 0.25) is 0 Å². The van der Waals surface area contributed by atoms with Crippen molar-refractivity contribution in [3.05, 3.63) is 77.3 Å². The molecule has 4 rings (SSSR count). The molecule has 3 nitrogen and oxygen atoms in total. The number of aromatic amines is 1. The molecule has 1 N–H and O–H groups in total. The first-order chi connectivity index (χ1) is 12.2. The van der Waals surface area contributed by atoms with E-state index in [-0.39, 0.29) is 0 Å². The Bertz CT molecular complexity index is 904. The van der Waals surface area contributed by atoms with E-state index in [2.05, 4.69) is 58.3 Å². The number of hydrogen-bond acceptors (Lipinski definition) is 1. The molecular weight excluding hydrogens is 306 g/mol. The third-order valence-electron chi connectivity index (χ3n) is 5.57. The second-order valence-electron chi connectivity index (χ2n) is 7.15. The molecule has 1 aliphatic carbocycles. The molecule has 1 heterocycles. The van der Waals surface area contributed by atoms with E-state index in [1.54, 1.807) is 0 Å². The fourth-order valence-electron chi connectivity index (χ4n) is 4.18. The number of fused-ring (bicyclic) bond motifs is 1. The molecule has 0 radical (unpaired) electrons. The molecule has 2 unspecified atom stereocenters. The zero-order valence-corrected chi connectivity index (χ0v) is 14.6. The van der Waals surface area contributed by atoms with Gasteiger partial charge < -0.3 is 4.98 Å². The zero-order valence-electron chi connectivity index (χ0n) is 14.6. The summed E-state index contributed by atoms with van der Waals surface area (Å²) in [7, 11) is 2.24. The van der Waals surface area contributed by atoms with Gasteiger partial charge in [-0.1, -0.05) is 36.4 Å². The van der Waals surface area contributed by atoms with Crippen LogP contribution in [-0.2, 0) is 6.54 Å². The van der Waals surface area contributed by atoms with Crippen molar-refractivity contribution in [1.82, 2.24) is 9.88 Å². The summed E-state index contributed by atoms with van der Waals surface area (Å²) in [6, 6.07) is 17.3. The third-order valence-corrected chi connectivity index (χ3v) is 5.57. The number of nitrogens with one attached hydrogen (secondary N) is 1. The molecule has 0 bridgehead atoms. The highest BCUT2D eigenvalue weighted by Crippen LogP contribution is 2.40. The minimum Gasteiger partial charge on any atom is -0.361 e. The molecule has 25 heavy (non-hydrogen) atoms. The second kappa shape index (κ2) is 6.74. The summed E-state index contributed by atoms with van der Waals surface area (Å²) in [6.45, 7) is 8.26. The minimum atomic E-state index is 0.581. The SMILES string of the molecule is [C-]#[N+]c1ccc2[nH]cc(C3CCC(N(C)Cc4ccccc4)C3)c2c1. The molecule has 3 heteroatoms. The van der Waals surface area contributed by atoms with E-state index < -0.39 is 0 Å². The van der Waals surface area contributed by atoms with Crippen LogP contribution >= 0.6 is 0 Å². The van der Waals surface area contributed by atoms with Crippen LogP contribution in [0.3, 0.4) is 0 Å². The van der Waals surface area contributed by atoms with Gasteiger partial charge in [-0.3, -0.25) is 4.90 Å². The summed E-state index contributed by atoms with van der Waals surface area (Å²) in [5.41, 5.74) is 4.63. The molecule has 2 aromatic carbocycles. The maximum Gasteiger partial charge on any atom is 0.187 e. The van der Waals surface area contributed by atoms with Gasteiger partial charge in [-0.25, -0.2) is 4.85 Å². The van der Waals surface area contributed by atoms with E-state index in [9.17, 15) is 0 Å². The summed E-state index contributed by atoms with van der Waals surface area (Å²) in [5, 5.41) is 1.23. The molecule has 0 aliphatic heterocycles. The normalized spacial score (nSPS) is 20.2. The Hall–Kier alpha value is -2.57. The Kier molecular flexibility index (Phi) is 4.29. The van der Waals surface area contributed by atoms with Crippen molar-refractivity contribution in [2.24, 2.45) is 0 Å². The lowest BCUT2D eigenvalue weighted by molar-refractivity contribution is 0.235. The topological polar surface area (TPSA) is 23.4 Å². The fourth-order valence-corrected chi connectivity index (χ4v) is 4.18. The van der Waals surface area contributed by atoms with Crippen LogP contribution in [0.2, 0.25) is 0 Å². The average molecular weight is 329 g/mol. The smallest absolute Gasteiger partial charge is 0.187 e. The standard InChI is InChI=1S/C22H23N3/c1-23-18-9-11-22-20(13-18)21(14-24-22)17-8-10-19(12-17)25(2)15-16-6-4-3-5-7-16/h3-7,9,11,13-14,17,19,24H,8,10,12,15H2,2H3. The summed E-state index contributed by atoms with van der Waals surface area (Å²) in [5.74, 6) is 0.581. The molecule has 0 spiro atoms. The number of benzene rings is 2. The van der Waals surface area contributed by atoms with Crippen molar-refractivity contribution < 1.29 is 0 Å². The van der Waals surface area contributed by atoms with E-state index in [0.717, 1.165) is 17.7 Å². The summed E-state index contributed by atoms with van der Waals surface area (Å²) in [6.07, 6.45) is 5.81. The van der Waals surface area contributed by atoms with Crippen molar-refractivity contribution in [3.63, 3.8) is 0 Å². The Morgan fingerprint density at radius 2 is 2.00 bits per heavy atom. The van der Waals surface area contributed by atoms with E-state index in [4.69, 9.17) is 6.57 Å². The van der Waals surface area contributed by atoms with Gasteiger partial charge in [0.1, 0.15) is 0 Å². The molecule has 2 atom stereocenters. The second-order valence-corrected chi connectivity index (χ2v) is 7.15. The van der Waals surface area contributed by atoms with E-state index >= 15 is 0 Å². The Balaban J connectivity index is 1.50. The maximum atomic E-state index is 7.26. The number of hydrogen-bond donors (Lipinski definition) is 1. The third kappa shape index (κ3) is 3.18. The summed E-state index contributed by atoms with van der Waals surface area (Å²) < 4.78 is 0. The average Bonchev–Trinajstić information content (AvgIpc) is 3.28. The van der Waals surface area contributed by atoms with Crippen LogP contribution < -0.4 is 0 Å². The first kappa shape index (κ1) is 15.9. The molecule has 1 saturated carbocycles. The van der Waals surface area contributed by atoms with Gasteiger partial charge in [0.15, 0.2) is 5.69 Å². The van der Waals surface area contributed by atoms with Crippen LogP contribution in [0.5, 0.6) is 0 Å². The van der Waals surface area contributed by atoms with Gasteiger partial charge in [0, 0.05) is 24.3 Å². The van der Waals surface area contributed by atoms with Crippen LogP contribution in [0, 0.1) is 6.57 Å². The summed E-state index contributed by atoms with van der Waals surface area (Å²) >= 11 is 0. The van der Waals surface area contributed by atoms with Crippen LogP contribution in [0.25, 0.3) is 15.7 Å². The number of H-pyrrole nitrogens is 1. The molecule has 1 aromatic heterocycles. The van der Waals surface area contributed by atoms with Crippen molar-refractivity contribution in [2.45, 2.75) is 37.8 Å². The van der Waals surface area contributed by atoms with Gasteiger partial charge in [-0.15, -0.1) is 0 Å². The Labute approximate surface area is 149 Å². The molecular formula is C22H23N3. The van der Waals surface area contributed by atoms with Gasteiger partial charge in [0.05, 0.1) is 6.57 Å². The summed E-state index contributed by atoms with van der Waals surface area (Å²) in [4.78, 5) is 9.46.